The summed E-state index contributed by atoms with van der Waals surface area (Å²) in [6.07, 6.45) is -10.1. The minimum absolute atomic E-state index is 0.0899. The quantitative estimate of drug-likeness (QED) is 0.648. The van der Waals surface area contributed by atoms with Crippen molar-refractivity contribution in [1.29, 1.82) is 0 Å². The van der Waals surface area contributed by atoms with Crippen molar-refractivity contribution in [2.75, 3.05) is 0 Å². The maximum absolute atomic E-state index is 13.6. The molecule has 0 radical (unpaired) electrons. The van der Waals surface area contributed by atoms with Crippen LogP contribution < -0.4 is 0 Å². The molecule has 0 aromatic heterocycles. The van der Waals surface area contributed by atoms with Gasteiger partial charge in [-0.25, -0.2) is 4.39 Å². The van der Waals surface area contributed by atoms with Crippen LogP contribution in [0.25, 0.3) is 0 Å². The minimum Gasteiger partial charge on any atom is -0.229 e. The summed E-state index contributed by atoms with van der Waals surface area (Å²) >= 11 is 0. The summed E-state index contributed by atoms with van der Waals surface area (Å²) in [6.45, 7) is 1.37. The van der Waals surface area contributed by atoms with Gasteiger partial charge in [-0.05, 0) is 31.5 Å². The fourth-order valence-corrected chi connectivity index (χ4v) is 1.38. The van der Waals surface area contributed by atoms with E-state index >= 15 is 0 Å². The van der Waals surface area contributed by atoms with E-state index in [2.05, 4.69) is 0 Å². The van der Waals surface area contributed by atoms with E-state index in [4.69, 9.17) is 0 Å². The number of benzene rings is 1. The number of hydrogen-bond acceptors (Lipinski definition) is 0. The molecule has 0 aliphatic carbocycles. The van der Waals surface area contributed by atoms with E-state index in [9.17, 15) is 30.7 Å². The maximum Gasteiger partial charge on any atom is 0.426 e. The second-order valence-corrected chi connectivity index (χ2v) is 4.09. The molecule has 0 aliphatic heterocycles. The molecule has 0 nitrogen and oxygen atoms in total. The molecule has 1 aromatic rings. The highest BCUT2D eigenvalue weighted by Gasteiger charge is 2.53. The molecule has 0 spiro atoms. The van der Waals surface area contributed by atoms with Gasteiger partial charge >= 0.3 is 12.4 Å². The number of alkyl halides is 7. The SMILES string of the molecule is Cc1cc(C(F)(F)F)cc(C(C)(F)C(F)(F)F)c1. The third kappa shape index (κ3) is 2.76. The van der Waals surface area contributed by atoms with Crippen LogP contribution in [0.2, 0.25) is 0 Å². The molecule has 1 unspecified atom stereocenters. The first-order chi connectivity index (χ1) is 7.85. The van der Waals surface area contributed by atoms with Crippen LogP contribution in [0.1, 0.15) is 23.6 Å². The summed E-state index contributed by atoms with van der Waals surface area (Å²) in [5, 5.41) is 0. The van der Waals surface area contributed by atoms with Gasteiger partial charge in [0, 0.05) is 0 Å². The summed E-state index contributed by atoms with van der Waals surface area (Å²) < 4.78 is 88.1. The molecule has 1 aromatic carbocycles. The first-order valence-corrected chi connectivity index (χ1v) is 4.80. The zero-order valence-corrected chi connectivity index (χ0v) is 9.38. The van der Waals surface area contributed by atoms with E-state index in [1.165, 1.54) is 6.92 Å². The molecule has 102 valence electrons. The first kappa shape index (κ1) is 14.8. The van der Waals surface area contributed by atoms with E-state index in [1.54, 1.807) is 0 Å². The Kier molecular flexibility index (Phi) is 3.40. The van der Waals surface area contributed by atoms with Crippen molar-refractivity contribution in [3.63, 3.8) is 0 Å². The largest absolute Gasteiger partial charge is 0.426 e. The van der Waals surface area contributed by atoms with Crippen LogP contribution in [0.4, 0.5) is 30.7 Å². The molecule has 0 amide bonds. The van der Waals surface area contributed by atoms with Gasteiger partial charge in [0.2, 0.25) is 5.67 Å². The highest BCUT2D eigenvalue weighted by molar-refractivity contribution is 5.35. The van der Waals surface area contributed by atoms with Crippen molar-refractivity contribution >= 4 is 0 Å². The Balaban J connectivity index is 3.40. The number of aryl methyl sites for hydroxylation is 1. The van der Waals surface area contributed by atoms with Crippen molar-refractivity contribution < 1.29 is 30.7 Å². The smallest absolute Gasteiger partial charge is 0.229 e. The molecule has 7 heteroatoms. The van der Waals surface area contributed by atoms with Gasteiger partial charge in [-0.1, -0.05) is 11.6 Å². The number of rotatable bonds is 1. The Morgan fingerprint density at radius 2 is 1.22 bits per heavy atom. The molecule has 0 fully saturated rings. The van der Waals surface area contributed by atoms with Crippen molar-refractivity contribution in [1.82, 2.24) is 0 Å². The third-order valence-corrected chi connectivity index (χ3v) is 2.48. The van der Waals surface area contributed by atoms with Crippen LogP contribution >= 0.6 is 0 Å². The molecule has 0 saturated carbocycles. The third-order valence-electron chi connectivity index (χ3n) is 2.48. The average Bonchev–Trinajstić information content (AvgIpc) is 2.13. The lowest BCUT2D eigenvalue weighted by Gasteiger charge is -2.25. The van der Waals surface area contributed by atoms with E-state index < -0.39 is 29.1 Å². The van der Waals surface area contributed by atoms with Crippen molar-refractivity contribution in [3.05, 3.63) is 34.9 Å². The fraction of sp³-hybridized carbons (Fsp3) is 0.455. The highest BCUT2D eigenvalue weighted by Crippen LogP contribution is 2.43. The Morgan fingerprint density at radius 3 is 1.61 bits per heavy atom. The van der Waals surface area contributed by atoms with Crippen LogP contribution in [0, 0.1) is 6.92 Å². The van der Waals surface area contributed by atoms with Gasteiger partial charge in [-0.3, -0.25) is 0 Å². The molecule has 1 rings (SSSR count). The van der Waals surface area contributed by atoms with Crippen molar-refractivity contribution in [2.24, 2.45) is 0 Å². The summed E-state index contributed by atoms with van der Waals surface area (Å²) in [4.78, 5) is 0. The van der Waals surface area contributed by atoms with Crippen LogP contribution in [-0.4, -0.2) is 6.18 Å². The maximum atomic E-state index is 13.6. The monoisotopic (exact) mass is 274 g/mol. The second-order valence-electron chi connectivity index (χ2n) is 4.09. The van der Waals surface area contributed by atoms with Gasteiger partial charge in [0.1, 0.15) is 0 Å². The van der Waals surface area contributed by atoms with Gasteiger partial charge in [-0.15, -0.1) is 0 Å². The minimum atomic E-state index is -5.27. The highest BCUT2D eigenvalue weighted by atomic mass is 19.4. The molecular formula is C11H9F7. The number of halogens is 7. The van der Waals surface area contributed by atoms with Gasteiger partial charge in [0.05, 0.1) is 5.56 Å². The van der Waals surface area contributed by atoms with E-state index in [0.717, 1.165) is 6.07 Å². The lowest BCUT2D eigenvalue weighted by atomic mass is 9.93. The summed E-state index contributed by atoms with van der Waals surface area (Å²) in [5.74, 6) is 0. The fourth-order valence-electron chi connectivity index (χ4n) is 1.38. The predicted octanol–water partition coefficient (Wildman–Crippen LogP) is 4.76. The van der Waals surface area contributed by atoms with Gasteiger partial charge < -0.3 is 0 Å². The zero-order chi connectivity index (χ0) is 14.4. The van der Waals surface area contributed by atoms with Crippen LogP contribution in [0.3, 0.4) is 0 Å². The second kappa shape index (κ2) is 4.13. The predicted molar refractivity (Wildman–Crippen MR) is 50.7 cm³/mol. The summed E-state index contributed by atoms with van der Waals surface area (Å²) in [5.41, 5.74) is -6.26. The van der Waals surface area contributed by atoms with Crippen molar-refractivity contribution in [2.45, 2.75) is 31.9 Å². The van der Waals surface area contributed by atoms with E-state index in [1.807, 2.05) is 0 Å². The molecular weight excluding hydrogens is 265 g/mol. The molecule has 0 bridgehead atoms. The molecule has 0 heterocycles. The normalized spacial score (nSPS) is 16.5. The van der Waals surface area contributed by atoms with Crippen molar-refractivity contribution in [3.8, 4) is 0 Å². The van der Waals surface area contributed by atoms with Crippen LogP contribution in [-0.2, 0) is 11.8 Å². The Bertz CT molecular complexity index is 440. The average molecular weight is 274 g/mol. The lowest BCUT2D eigenvalue weighted by Crippen LogP contribution is -2.35. The molecule has 0 saturated heterocycles. The Morgan fingerprint density at radius 1 is 0.778 bits per heavy atom. The van der Waals surface area contributed by atoms with Gasteiger partial charge in [0.25, 0.3) is 0 Å². The zero-order valence-electron chi connectivity index (χ0n) is 9.38. The first-order valence-electron chi connectivity index (χ1n) is 4.80. The molecule has 0 aliphatic rings. The number of hydrogen-bond donors (Lipinski definition) is 0. The summed E-state index contributed by atoms with van der Waals surface area (Å²) in [7, 11) is 0. The Hall–Kier alpha value is -1.27. The molecule has 18 heavy (non-hydrogen) atoms. The molecule has 1 atom stereocenters. The van der Waals surface area contributed by atoms with Gasteiger partial charge in [-0.2, -0.15) is 26.3 Å². The standard InChI is InChI=1S/C11H9F7/c1-6-3-7(9(2,12)11(16,17)18)5-8(4-6)10(13,14)15/h3-5H,1-2H3. The Labute approximate surface area is 98.4 Å². The van der Waals surface area contributed by atoms with E-state index in [-0.39, 0.29) is 18.6 Å². The molecule has 0 N–H and O–H groups in total. The van der Waals surface area contributed by atoms with Gasteiger partial charge in [0.15, 0.2) is 0 Å². The summed E-state index contributed by atoms with van der Waals surface area (Å²) in [6, 6.07) is 1.60. The van der Waals surface area contributed by atoms with Crippen LogP contribution in [0.5, 0.6) is 0 Å². The van der Waals surface area contributed by atoms with Crippen LogP contribution in [0.15, 0.2) is 18.2 Å². The van der Waals surface area contributed by atoms with E-state index in [0.29, 0.717) is 6.07 Å². The topological polar surface area (TPSA) is 0 Å². The lowest BCUT2D eigenvalue weighted by molar-refractivity contribution is -0.228.